The topological polar surface area (TPSA) is 110 Å². The van der Waals surface area contributed by atoms with Gasteiger partial charge >= 0.3 is 0 Å². The van der Waals surface area contributed by atoms with E-state index in [9.17, 15) is 8.42 Å². The number of morpholine rings is 1. The Balaban J connectivity index is 0.00000144. The number of sulfonamides is 1. The number of hydrogen-bond donors (Lipinski definition) is 0. The molecule has 2 rings (SSSR count). The molecule has 1 heterocycles. The SMILES string of the molecule is O.O.[B]c1ccc(S(=O)(=O)N2CCOCC2)cc1. The van der Waals surface area contributed by atoms with E-state index in [0.29, 0.717) is 31.8 Å². The number of hydrogen-bond acceptors (Lipinski definition) is 3. The average molecular weight is 273 g/mol. The first kappa shape index (κ1) is 17.1. The maximum atomic E-state index is 12.1. The molecule has 1 saturated heterocycles. The van der Waals surface area contributed by atoms with Crippen molar-refractivity contribution in [3.05, 3.63) is 24.3 Å². The molecule has 2 radical (unpaired) electrons. The predicted octanol–water partition coefficient (Wildman–Crippen LogP) is -2.15. The fraction of sp³-hybridized carbons (Fsp3) is 0.400. The van der Waals surface area contributed by atoms with E-state index in [4.69, 9.17) is 12.6 Å². The number of ether oxygens (including phenoxy) is 1. The van der Waals surface area contributed by atoms with Gasteiger partial charge in [-0.25, -0.2) is 8.42 Å². The third-order valence-electron chi connectivity index (χ3n) is 2.49. The van der Waals surface area contributed by atoms with E-state index in [2.05, 4.69) is 0 Å². The molecule has 0 bridgehead atoms. The quantitative estimate of drug-likeness (QED) is 0.573. The smallest absolute Gasteiger partial charge is 0.243 e. The minimum Gasteiger partial charge on any atom is -0.412 e. The Bertz CT molecular complexity index is 456. The first-order chi connectivity index (χ1) is 7.60. The summed E-state index contributed by atoms with van der Waals surface area (Å²) < 4.78 is 30.8. The van der Waals surface area contributed by atoms with Crippen molar-refractivity contribution >= 4 is 23.3 Å². The van der Waals surface area contributed by atoms with Gasteiger partial charge in [0.2, 0.25) is 10.0 Å². The van der Waals surface area contributed by atoms with Gasteiger partial charge in [-0.3, -0.25) is 0 Å². The first-order valence-electron chi connectivity index (χ1n) is 5.04. The Labute approximate surface area is 108 Å². The molecule has 1 aromatic carbocycles. The van der Waals surface area contributed by atoms with Gasteiger partial charge in [0.1, 0.15) is 7.85 Å². The average Bonchev–Trinajstić information content (AvgIpc) is 2.31. The lowest BCUT2D eigenvalue weighted by Gasteiger charge is -2.26. The van der Waals surface area contributed by atoms with E-state index in [1.807, 2.05) is 0 Å². The van der Waals surface area contributed by atoms with Crippen LogP contribution in [0.25, 0.3) is 0 Å². The van der Waals surface area contributed by atoms with E-state index in [1.165, 1.54) is 16.4 Å². The second-order valence-corrected chi connectivity index (χ2v) is 5.52. The Morgan fingerprint density at radius 1 is 1.06 bits per heavy atom. The molecule has 1 aromatic rings. The lowest BCUT2D eigenvalue weighted by Crippen LogP contribution is -2.40. The fourth-order valence-corrected chi connectivity index (χ4v) is 2.98. The van der Waals surface area contributed by atoms with Crippen LogP contribution in [-0.4, -0.2) is 57.8 Å². The van der Waals surface area contributed by atoms with Crippen LogP contribution >= 0.6 is 0 Å². The second kappa shape index (κ2) is 6.86. The highest BCUT2D eigenvalue weighted by molar-refractivity contribution is 7.89. The van der Waals surface area contributed by atoms with Crippen molar-refractivity contribution in [3.63, 3.8) is 0 Å². The standard InChI is InChI=1S/C10H12BNO3S.2H2O/c11-9-1-3-10(4-2-9)16(13,14)12-5-7-15-8-6-12;;/h1-4H,5-8H2;2*1H2. The molecular formula is C10H16BNO5S. The minimum absolute atomic E-state index is 0. The molecule has 0 aliphatic carbocycles. The summed E-state index contributed by atoms with van der Waals surface area (Å²) in [6.07, 6.45) is 0. The highest BCUT2D eigenvalue weighted by atomic mass is 32.2. The van der Waals surface area contributed by atoms with Crippen LogP contribution < -0.4 is 5.46 Å². The van der Waals surface area contributed by atoms with E-state index < -0.39 is 10.0 Å². The highest BCUT2D eigenvalue weighted by Crippen LogP contribution is 2.15. The molecule has 4 N–H and O–H groups in total. The monoisotopic (exact) mass is 273 g/mol. The molecule has 6 nitrogen and oxygen atoms in total. The third-order valence-corrected chi connectivity index (χ3v) is 4.40. The van der Waals surface area contributed by atoms with Gasteiger partial charge in [0.15, 0.2) is 0 Å². The largest absolute Gasteiger partial charge is 0.412 e. The number of rotatable bonds is 2. The molecule has 0 unspecified atom stereocenters. The lowest BCUT2D eigenvalue weighted by atomic mass is 9.97. The van der Waals surface area contributed by atoms with Crippen LogP contribution in [0.3, 0.4) is 0 Å². The molecule has 0 spiro atoms. The summed E-state index contributed by atoms with van der Waals surface area (Å²) in [6.45, 7) is 1.72. The van der Waals surface area contributed by atoms with E-state index in [1.54, 1.807) is 12.1 Å². The highest BCUT2D eigenvalue weighted by Gasteiger charge is 2.25. The van der Waals surface area contributed by atoms with Crippen LogP contribution in [0.15, 0.2) is 29.2 Å². The van der Waals surface area contributed by atoms with Crippen molar-refractivity contribution in [2.24, 2.45) is 0 Å². The van der Waals surface area contributed by atoms with Crippen molar-refractivity contribution in [2.45, 2.75) is 4.90 Å². The van der Waals surface area contributed by atoms with Gasteiger partial charge < -0.3 is 15.7 Å². The maximum Gasteiger partial charge on any atom is 0.243 e. The van der Waals surface area contributed by atoms with E-state index in [-0.39, 0.29) is 15.8 Å². The summed E-state index contributed by atoms with van der Waals surface area (Å²) in [5, 5.41) is 0. The maximum absolute atomic E-state index is 12.1. The van der Waals surface area contributed by atoms with Crippen molar-refractivity contribution in [2.75, 3.05) is 26.3 Å². The number of nitrogens with zero attached hydrogens (tertiary/aromatic N) is 1. The Kier molecular flexibility index (Phi) is 6.51. The summed E-state index contributed by atoms with van der Waals surface area (Å²) in [4.78, 5) is 0.281. The molecule has 0 aromatic heterocycles. The molecule has 0 saturated carbocycles. The summed E-state index contributed by atoms with van der Waals surface area (Å²) in [6, 6.07) is 6.24. The summed E-state index contributed by atoms with van der Waals surface area (Å²) >= 11 is 0. The summed E-state index contributed by atoms with van der Waals surface area (Å²) in [5.41, 5.74) is 0.556. The zero-order valence-electron chi connectivity index (χ0n) is 9.80. The summed E-state index contributed by atoms with van der Waals surface area (Å²) in [5.74, 6) is 0. The normalized spacial score (nSPS) is 16.4. The first-order valence-corrected chi connectivity index (χ1v) is 6.48. The van der Waals surface area contributed by atoms with Crippen LogP contribution in [0.4, 0.5) is 0 Å². The Hall–Kier alpha value is -0.925. The predicted molar refractivity (Wildman–Crippen MR) is 68.6 cm³/mol. The van der Waals surface area contributed by atoms with Crippen LogP contribution in [0.1, 0.15) is 0 Å². The molecule has 100 valence electrons. The molecule has 8 heteroatoms. The van der Waals surface area contributed by atoms with Gasteiger partial charge in [-0.1, -0.05) is 17.6 Å². The Morgan fingerprint density at radius 3 is 2.06 bits per heavy atom. The zero-order valence-corrected chi connectivity index (χ0v) is 10.6. The summed E-state index contributed by atoms with van der Waals surface area (Å²) in [7, 11) is 2.14. The van der Waals surface area contributed by atoms with Crippen LogP contribution in [0.5, 0.6) is 0 Å². The van der Waals surface area contributed by atoms with Gasteiger partial charge in [0, 0.05) is 13.1 Å². The van der Waals surface area contributed by atoms with Crippen molar-refractivity contribution in [1.29, 1.82) is 0 Å². The van der Waals surface area contributed by atoms with Crippen molar-refractivity contribution in [1.82, 2.24) is 4.31 Å². The van der Waals surface area contributed by atoms with Gasteiger partial charge in [0.25, 0.3) is 0 Å². The Morgan fingerprint density at radius 2 is 1.56 bits per heavy atom. The molecule has 1 aliphatic rings. The van der Waals surface area contributed by atoms with Gasteiger partial charge in [-0.2, -0.15) is 4.31 Å². The van der Waals surface area contributed by atoms with Crippen molar-refractivity contribution in [3.8, 4) is 0 Å². The molecule has 1 fully saturated rings. The van der Waals surface area contributed by atoms with E-state index in [0.717, 1.165) is 0 Å². The zero-order chi connectivity index (χ0) is 11.6. The van der Waals surface area contributed by atoms with Crippen LogP contribution in [-0.2, 0) is 14.8 Å². The lowest BCUT2D eigenvalue weighted by molar-refractivity contribution is 0.0730. The molecule has 0 atom stereocenters. The second-order valence-electron chi connectivity index (χ2n) is 3.59. The van der Waals surface area contributed by atoms with Gasteiger partial charge in [0.05, 0.1) is 18.1 Å². The van der Waals surface area contributed by atoms with Crippen LogP contribution in [0, 0.1) is 0 Å². The number of benzene rings is 1. The minimum atomic E-state index is -3.38. The molecule has 0 amide bonds. The van der Waals surface area contributed by atoms with Gasteiger partial charge in [-0.15, -0.1) is 0 Å². The molecule has 18 heavy (non-hydrogen) atoms. The fourth-order valence-electron chi connectivity index (χ4n) is 1.58. The van der Waals surface area contributed by atoms with Crippen LogP contribution in [0.2, 0.25) is 0 Å². The van der Waals surface area contributed by atoms with Crippen molar-refractivity contribution < 1.29 is 24.1 Å². The molecular weight excluding hydrogens is 257 g/mol. The van der Waals surface area contributed by atoms with Gasteiger partial charge in [-0.05, 0) is 12.1 Å². The third kappa shape index (κ3) is 3.53. The van der Waals surface area contributed by atoms with E-state index >= 15 is 0 Å². The molecule has 1 aliphatic heterocycles.